The molecule has 0 aliphatic carbocycles. The Morgan fingerprint density at radius 2 is 2.12 bits per heavy atom. The van der Waals surface area contributed by atoms with Crippen LogP contribution in [0.2, 0.25) is 0 Å². The molecule has 0 radical (unpaired) electrons. The summed E-state index contributed by atoms with van der Waals surface area (Å²) in [5.74, 6) is -0.318. The molecule has 0 saturated heterocycles. The van der Waals surface area contributed by atoms with Gasteiger partial charge in [-0.05, 0) is 6.92 Å². The maximum absolute atomic E-state index is 10.7. The summed E-state index contributed by atoms with van der Waals surface area (Å²) in [6, 6.07) is 0. The first-order chi connectivity index (χ1) is 7.35. The lowest BCUT2D eigenvalue weighted by Gasteiger charge is -2.09. The smallest absolute Gasteiger partial charge is 0.469 e. The average Bonchev–Trinajstić information content (AvgIpc) is 2.18. The van der Waals surface area contributed by atoms with Gasteiger partial charge in [0.25, 0.3) is 0 Å². The first-order valence-electron chi connectivity index (χ1n) is 4.18. The number of rotatable bonds is 4. The molecule has 96 valence electrons. The summed E-state index contributed by atoms with van der Waals surface area (Å²) in [6.45, 7) is 0.995. The highest BCUT2D eigenvalue weighted by Crippen LogP contribution is 2.37. The minimum atomic E-state index is -4.61. The molecule has 1 aromatic heterocycles. The van der Waals surface area contributed by atoms with Gasteiger partial charge in [0.1, 0.15) is 5.75 Å². The van der Waals surface area contributed by atoms with E-state index in [1.54, 1.807) is 0 Å². The highest BCUT2D eigenvalue weighted by atomic mass is 31.2. The predicted octanol–water partition coefficient (Wildman–Crippen LogP) is 1.15. The van der Waals surface area contributed by atoms with E-state index in [0.717, 1.165) is 0 Å². The van der Waals surface area contributed by atoms with Crippen molar-refractivity contribution in [2.24, 2.45) is 0 Å². The zero-order valence-corrected chi connectivity index (χ0v) is 9.22. The second-order valence-corrected chi connectivity index (χ2v) is 4.25. The molecule has 17 heavy (non-hydrogen) atoms. The molecule has 7 nitrogen and oxygen atoms in total. The van der Waals surface area contributed by atoms with Crippen LogP contribution in [-0.4, -0.2) is 26.2 Å². The number of hydrogen-bond acceptors (Lipinski definition) is 5. The van der Waals surface area contributed by atoms with Crippen molar-refractivity contribution in [1.82, 2.24) is 4.98 Å². The van der Waals surface area contributed by atoms with Crippen molar-refractivity contribution in [1.29, 1.82) is 0 Å². The first-order valence-corrected chi connectivity index (χ1v) is 5.71. The number of aromatic hydroxyl groups is 1. The maximum Gasteiger partial charge on any atom is 0.469 e. The molecule has 0 amide bonds. The van der Waals surface area contributed by atoms with Crippen LogP contribution < -0.4 is 0 Å². The molecule has 0 aromatic carbocycles. The zero-order valence-electron chi connectivity index (χ0n) is 8.32. The number of carbonyl (C=O) groups excluding carboxylic acids is 1. The van der Waals surface area contributed by atoms with Gasteiger partial charge in [0.15, 0.2) is 6.29 Å². The molecule has 0 bridgehead atoms. The van der Waals surface area contributed by atoms with E-state index in [1.165, 1.54) is 13.1 Å². The minimum Gasteiger partial charge on any atom is -0.505 e. The topological polar surface area (TPSA) is 117 Å². The molecule has 0 atom stereocenters. The Balaban J connectivity index is 0.00000256. The van der Waals surface area contributed by atoms with Gasteiger partial charge >= 0.3 is 7.82 Å². The van der Waals surface area contributed by atoms with Crippen LogP contribution in [-0.2, 0) is 15.7 Å². The molecule has 1 heterocycles. The van der Waals surface area contributed by atoms with Gasteiger partial charge in [0, 0.05) is 11.8 Å². The van der Waals surface area contributed by atoms with E-state index in [2.05, 4.69) is 9.51 Å². The van der Waals surface area contributed by atoms with Crippen molar-refractivity contribution in [3.05, 3.63) is 23.0 Å². The Morgan fingerprint density at radius 3 is 2.59 bits per heavy atom. The molecule has 0 aliphatic rings. The van der Waals surface area contributed by atoms with Gasteiger partial charge in [-0.3, -0.25) is 14.3 Å². The molecule has 0 fully saturated rings. The van der Waals surface area contributed by atoms with Crippen molar-refractivity contribution in [3.8, 4) is 5.75 Å². The van der Waals surface area contributed by atoms with Gasteiger partial charge in [-0.1, -0.05) is 7.43 Å². The second-order valence-electron chi connectivity index (χ2n) is 3.01. The largest absolute Gasteiger partial charge is 0.505 e. The van der Waals surface area contributed by atoms with Crippen molar-refractivity contribution >= 4 is 14.1 Å². The van der Waals surface area contributed by atoms with Gasteiger partial charge in [-0.2, -0.15) is 0 Å². The quantitative estimate of drug-likeness (QED) is 0.551. The van der Waals surface area contributed by atoms with Crippen LogP contribution in [0.1, 0.15) is 29.0 Å². The van der Waals surface area contributed by atoms with E-state index in [1.807, 2.05) is 0 Å². The number of phosphoric ester groups is 1. The minimum absolute atomic E-state index is 0. The Bertz CT molecular complexity index is 455. The Hall–Kier alpha value is -1.27. The first kappa shape index (κ1) is 15.7. The molecular formula is C9H14NO6P. The molecule has 1 aromatic rings. The summed E-state index contributed by atoms with van der Waals surface area (Å²) >= 11 is 0. The lowest BCUT2D eigenvalue weighted by atomic mass is 10.1. The van der Waals surface area contributed by atoms with Gasteiger partial charge in [0.2, 0.25) is 0 Å². The van der Waals surface area contributed by atoms with Crippen LogP contribution in [0.15, 0.2) is 6.20 Å². The van der Waals surface area contributed by atoms with E-state index in [-0.39, 0.29) is 30.0 Å². The van der Waals surface area contributed by atoms with Crippen LogP contribution in [0.3, 0.4) is 0 Å². The fourth-order valence-corrected chi connectivity index (χ4v) is 1.36. The van der Waals surface area contributed by atoms with Crippen LogP contribution in [0.5, 0.6) is 5.75 Å². The number of aromatic nitrogens is 1. The standard InChI is InChI=1S/C8H10NO6P.CH4/c1-5-8(11)7(3-10)6(2-9-5)4-15-16(12,13)14;/h2-3,11H,4H2,1H3,(H2,12,13,14);1H4. The Labute approximate surface area is 98.3 Å². The molecular weight excluding hydrogens is 249 g/mol. The number of aldehydes is 1. The highest BCUT2D eigenvalue weighted by molar-refractivity contribution is 7.46. The van der Waals surface area contributed by atoms with Crippen LogP contribution in [0, 0.1) is 6.92 Å². The molecule has 1 rings (SSSR count). The molecule has 3 N–H and O–H groups in total. The SMILES string of the molecule is C.Cc1ncc(COP(=O)(O)O)c(C=O)c1O. The number of aryl methyl sites for hydroxylation is 1. The number of carbonyl (C=O) groups is 1. The monoisotopic (exact) mass is 263 g/mol. The number of nitrogens with zero attached hydrogens (tertiary/aromatic N) is 1. The summed E-state index contributed by atoms with van der Waals surface area (Å²) < 4.78 is 14.7. The van der Waals surface area contributed by atoms with Crippen molar-refractivity contribution in [3.63, 3.8) is 0 Å². The summed E-state index contributed by atoms with van der Waals surface area (Å²) in [5, 5.41) is 9.46. The van der Waals surface area contributed by atoms with Crippen LogP contribution >= 0.6 is 7.82 Å². The van der Waals surface area contributed by atoms with Crippen molar-refractivity contribution in [2.75, 3.05) is 0 Å². The molecule has 8 heteroatoms. The van der Waals surface area contributed by atoms with E-state index in [4.69, 9.17) is 9.79 Å². The van der Waals surface area contributed by atoms with Gasteiger partial charge in [-0.15, -0.1) is 0 Å². The maximum atomic E-state index is 10.7. The van der Waals surface area contributed by atoms with Gasteiger partial charge in [-0.25, -0.2) is 4.57 Å². The van der Waals surface area contributed by atoms with Crippen LogP contribution in [0.4, 0.5) is 0 Å². The fraction of sp³-hybridized carbons (Fsp3) is 0.333. The second kappa shape index (κ2) is 5.88. The number of hydrogen-bond donors (Lipinski definition) is 3. The Kier molecular flexibility index (Phi) is 5.44. The summed E-state index contributed by atoms with van der Waals surface area (Å²) in [4.78, 5) is 31.4. The fourth-order valence-electron chi connectivity index (χ4n) is 1.05. The summed E-state index contributed by atoms with van der Waals surface area (Å²) in [6.07, 6.45) is 1.59. The number of pyridine rings is 1. The third kappa shape index (κ3) is 4.24. The molecule has 0 spiro atoms. The predicted molar refractivity (Wildman–Crippen MR) is 59.6 cm³/mol. The third-order valence-electron chi connectivity index (χ3n) is 1.86. The van der Waals surface area contributed by atoms with E-state index in [0.29, 0.717) is 6.29 Å². The van der Waals surface area contributed by atoms with E-state index < -0.39 is 14.4 Å². The zero-order chi connectivity index (χ0) is 12.3. The normalized spacial score (nSPS) is 10.8. The van der Waals surface area contributed by atoms with Crippen molar-refractivity contribution in [2.45, 2.75) is 21.0 Å². The molecule has 0 unspecified atom stereocenters. The van der Waals surface area contributed by atoms with E-state index in [9.17, 15) is 14.5 Å². The van der Waals surface area contributed by atoms with Gasteiger partial charge in [0.05, 0.1) is 17.9 Å². The summed E-state index contributed by atoms with van der Waals surface area (Å²) in [5.41, 5.74) is 0.282. The van der Waals surface area contributed by atoms with Crippen molar-refractivity contribution < 1.29 is 28.8 Å². The van der Waals surface area contributed by atoms with E-state index >= 15 is 0 Å². The average molecular weight is 263 g/mol. The Morgan fingerprint density at radius 1 is 1.53 bits per heavy atom. The highest BCUT2D eigenvalue weighted by Gasteiger charge is 2.17. The number of phosphoric acid groups is 1. The van der Waals surface area contributed by atoms with Crippen LogP contribution in [0.25, 0.3) is 0 Å². The lowest BCUT2D eigenvalue weighted by molar-refractivity contribution is 0.111. The molecule has 0 saturated carbocycles. The summed E-state index contributed by atoms with van der Waals surface area (Å²) in [7, 11) is -4.61. The van der Waals surface area contributed by atoms with Gasteiger partial charge < -0.3 is 14.9 Å². The lowest BCUT2D eigenvalue weighted by Crippen LogP contribution is -1.99. The third-order valence-corrected chi connectivity index (χ3v) is 2.33. The molecule has 0 aliphatic heterocycles.